The quantitative estimate of drug-likeness (QED) is 0.901. The van der Waals surface area contributed by atoms with E-state index < -0.39 is 5.60 Å². The van der Waals surface area contributed by atoms with E-state index in [-0.39, 0.29) is 5.25 Å². The SMILES string of the molecule is Cc1nn(C)c(CC2(O)CCCSC2C)c1Cl. The van der Waals surface area contributed by atoms with Crippen molar-refractivity contribution in [2.45, 2.75) is 44.0 Å². The molecule has 0 saturated carbocycles. The number of aliphatic hydroxyl groups is 1. The Morgan fingerprint density at radius 3 is 2.88 bits per heavy atom. The van der Waals surface area contributed by atoms with E-state index in [2.05, 4.69) is 12.0 Å². The summed E-state index contributed by atoms with van der Waals surface area (Å²) in [4.78, 5) is 0. The second kappa shape index (κ2) is 4.82. The van der Waals surface area contributed by atoms with Gasteiger partial charge in [-0.05, 0) is 25.5 Å². The monoisotopic (exact) mass is 274 g/mol. The summed E-state index contributed by atoms with van der Waals surface area (Å²) in [6.07, 6.45) is 2.51. The zero-order chi connectivity index (χ0) is 12.6. The van der Waals surface area contributed by atoms with Crippen LogP contribution in [-0.4, -0.2) is 31.5 Å². The summed E-state index contributed by atoms with van der Waals surface area (Å²) in [6, 6.07) is 0. The number of thioether (sulfide) groups is 1. The van der Waals surface area contributed by atoms with Crippen molar-refractivity contribution in [1.82, 2.24) is 9.78 Å². The van der Waals surface area contributed by atoms with Crippen LogP contribution in [0.3, 0.4) is 0 Å². The van der Waals surface area contributed by atoms with Crippen LogP contribution >= 0.6 is 23.4 Å². The van der Waals surface area contributed by atoms with Gasteiger partial charge in [0.2, 0.25) is 0 Å². The minimum Gasteiger partial charge on any atom is -0.388 e. The minimum absolute atomic E-state index is 0.252. The average molecular weight is 275 g/mol. The zero-order valence-electron chi connectivity index (χ0n) is 10.5. The molecule has 1 fully saturated rings. The first-order valence-electron chi connectivity index (χ1n) is 5.96. The maximum atomic E-state index is 10.7. The highest BCUT2D eigenvalue weighted by Crippen LogP contribution is 2.37. The maximum Gasteiger partial charge on any atom is 0.0848 e. The number of nitrogens with zero attached hydrogens (tertiary/aromatic N) is 2. The fourth-order valence-corrected chi connectivity index (χ4v) is 3.79. The van der Waals surface area contributed by atoms with Crippen LogP contribution in [0.25, 0.3) is 0 Å². The first-order valence-corrected chi connectivity index (χ1v) is 7.38. The van der Waals surface area contributed by atoms with E-state index in [1.165, 1.54) is 0 Å². The summed E-state index contributed by atoms with van der Waals surface area (Å²) in [6.45, 7) is 4.00. The molecule has 17 heavy (non-hydrogen) atoms. The predicted octanol–water partition coefficient (Wildman–Crippen LogP) is 2.57. The zero-order valence-corrected chi connectivity index (χ0v) is 12.1. The molecule has 1 aliphatic heterocycles. The van der Waals surface area contributed by atoms with Crippen molar-refractivity contribution in [2.75, 3.05) is 5.75 Å². The Kier molecular flexibility index (Phi) is 3.76. The molecule has 0 radical (unpaired) electrons. The van der Waals surface area contributed by atoms with Gasteiger partial charge in [0.1, 0.15) is 0 Å². The van der Waals surface area contributed by atoms with Gasteiger partial charge in [-0.1, -0.05) is 18.5 Å². The van der Waals surface area contributed by atoms with Gasteiger partial charge in [0.05, 0.1) is 22.0 Å². The van der Waals surface area contributed by atoms with Crippen molar-refractivity contribution in [3.05, 3.63) is 16.4 Å². The minimum atomic E-state index is -0.646. The van der Waals surface area contributed by atoms with E-state index in [1.54, 1.807) is 4.68 Å². The lowest BCUT2D eigenvalue weighted by Crippen LogP contribution is -2.44. The standard InChI is InChI=1S/C12H19ClN2OS/c1-8-11(13)10(15(3)14-8)7-12(16)5-4-6-17-9(12)2/h9,16H,4-7H2,1-3H3. The van der Waals surface area contributed by atoms with Gasteiger partial charge in [0.15, 0.2) is 0 Å². The highest BCUT2D eigenvalue weighted by molar-refractivity contribution is 8.00. The lowest BCUT2D eigenvalue weighted by Gasteiger charge is -2.37. The molecule has 1 aliphatic rings. The lowest BCUT2D eigenvalue weighted by molar-refractivity contribution is 0.0280. The van der Waals surface area contributed by atoms with Gasteiger partial charge < -0.3 is 5.11 Å². The van der Waals surface area contributed by atoms with Crippen LogP contribution in [0.5, 0.6) is 0 Å². The molecule has 1 N–H and O–H groups in total. The van der Waals surface area contributed by atoms with Crippen LogP contribution in [0.1, 0.15) is 31.2 Å². The van der Waals surface area contributed by atoms with Crippen LogP contribution in [0.4, 0.5) is 0 Å². The summed E-state index contributed by atoms with van der Waals surface area (Å²) in [5, 5.41) is 16.0. The van der Waals surface area contributed by atoms with Gasteiger partial charge in [-0.3, -0.25) is 4.68 Å². The molecule has 0 bridgehead atoms. The molecule has 96 valence electrons. The number of aromatic nitrogens is 2. The Morgan fingerprint density at radius 2 is 2.35 bits per heavy atom. The molecule has 2 heterocycles. The second-order valence-electron chi connectivity index (χ2n) is 4.87. The molecule has 5 heteroatoms. The first-order chi connectivity index (χ1) is 7.94. The number of rotatable bonds is 2. The van der Waals surface area contributed by atoms with Crippen LogP contribution in [0.15, 0.2) is 0 Å². The molecular weight excluding hydrogens is 256 g/mol. The maximum absolute atomic E-state index is 10.7. The van der Waals surface area contributed by atoms with E-state index >= 15 is 0 Å². The van der Waals surface area contributed by atoms with Crippen molar-refractivity contribution >= 4 is 23.4 Å². The number of aryl methyl sites for hydroxylation is 2. The molecule has 2 unspecified atom stereocenters. The van der Waals surface area contributed by atoms with E-state index in [9.17, 15) is 5.11 Å². The first kappa shape index (κ1) is 13.2. The van der Waals surface area contributed by atoms with E-state index in [4.69, 9.17) is 11.6 Å². The van der Waals surface area contributed by atoms with Gasteiger partial charge in [0, 0.05) is 18.7 Å². The van der Waals surface area contributed by atoms with Crippen molar-refractivity contribution in [3.63, 3.8) is 0 Å². The average Bonchev–Trinajstić information content (AvgIpc) is 2.50. The lowest BCUT2D eigenvalue weighted by atomic mass is 9.88. The van der Waals surface area contributed by atoms with Gasteiger partial charge >= 0.3 is 0 Å². The Morgan fingerprint density at radius 1 is 1.65 bits per heavy atom. The van der Waals surface area contributed by atoms with Gasteiger partial charge in [-0.2, -0.15) is 16.9 Å². The van der Waals surface area contributed by atoms with E-state index in [0.29, 0.717) is 11.4 Å². The Hall–Kier alpha value is -0.190. The Labute approximate surface area is 112 Å². The number of halogens is 1. The molecule has 0 spiro atoms. The molecule has 2 rings (SSSR count). The normalized spacial score (nSPS) is 29.6. The van der Waals surface area contributed by atoms with Crippen LogP contribution in [0, 0.1) is 6.92 Å². The van der Waals surface area contributed by atoms with Crippen molar-refractivity contribution < 1.29 is 5.11 Å². The topological polar surface area (TPSA) is 38.0 Å². The summed E-state index contributed by atoms with van der Waals surface area (Å²) >= 11 is 8.08. The van der Waals surface area contributed by atoms with Crippen molar-refractivity contribution in [3.8, 4) is 0 Å². The molecule has 3 nitrogen and oxygen atoms in total. The Balaban J connectivity index is 2.24. The predicted molar refractivity (Wildman–Crippen MR) is 72.8 cm³/mol. The smallest absolute Gasteiger partial charge is 0.0848 e. The van der Waals surface area contributed by atoms with Crippen LogP contribution in [-0.2, 0) is 13.5 Å². The van der Waals surface area contributed by atoms with E-state index in [0.717, 1.165) is 30.0 Å². The second-order valence-corrected chi connectivity index (χ2v) is 6.69. The van der Waals surface area contributed by atoms with Crippen molar-refractivity contribution in [1.29, 1.82) is 0 Å². The molecule has 1 aromatic rings. The third-order valence-corrected chi connectivity index (χ3v) is 5.57. The molecule has 0 aromatic carbocycles. The van der Waals surface area contributed by atoms with Gasteiger partial charge in [-0.25, -0.2) is 0 Å². The summed E-state index contributed by atoms with van der Waals surface area (Å²) < 4.78 is 1.79. The molecule has 1 saturated heterocycles. The highest BCUT2D eigenvalue weighted by Gasteiger charge is 2.38. The molecule has 0 aliphatic carbocycles. The highest BCUT2D eigenvalue weighted by atomic mass is 35.5. The van der Waals surface area contributed by atoms with Gasteiger partial charge in [-0.15, -0.1) is 0 Å². The number of hydrogen-bond acceptors (Lipinski definition) is 3. The van der Waals surface area contributed by atoms with Crippen molar-refractivity contribution in [2.24, 2.45) is 7.05 Å². The summed E-state index contributed by atoms with van der Waals surface area (Å²) in [7, 11) is 1.89. The summed E-state index contributed by atoms with van der Waals surface area (Å²) in [5.74, 6) is 1.14. The van der Waals surface area contributed by atoms with Crippen LogP contribution < -0.4 is 0 Å². The van der Waals surface area contributed by atoms with Gasteiger partial charge in [0.25, 0.3) is 0 Å². The largest absolute Gasteiger partial charge is 0.388 e. The van der Waals surface area contributed by atoms with E-state index in [1.807, 2.05) is 25.7 Å². The molecule has 1 aromatic heterocycles. The third-order valence-electron chi connectivity index (χ3n) is 3.61. The molecule has 0 amide bonds. The summed E-state index contributed by atoms with van der Waals surface area (Å²) in [5.41, 5.74) is 1.14. The molecular formula is C12H19ClN2OS. The fourth-order valence-electron chi connectivity index (χ4n) is 2.39. The Bertz CT molecular complexity index is 421. The fraction of sp³-hybridized carbons (Fsp3) is 0.750. The molecule has 2 atom stereocenters. The number of hydrogen-bond donors (Lipinski definition) is 1. The van der Waals surface area contributed by atoms with Crippen LogP contribution in [0.2, 0.25) is 5.02 Å². The third kappa shape index (κ3) is 2.49.